The van der Waals surface area contributed by atoms with Gasteiger partial charge >= 0.3 is 11.9 Å². The number of hydrogen-bond donors (Lipinski definition) is 1. The first-order valence-corrected chi connectivity index (χ1v) is 16.1. The number of primary amides is 1. The normalized spacial score (nSPS) is 25.0. The first kappa shape index (κ1) is 32.6. The molecule has 4 atom stereocenters. The molecule has 0 bridgehead atoms. The molecule has 2 aliphatic rings. The van der Waals surface area contributed by atoms with Crippen molar-refractivity contribution in [3.8, 4) is 0 Å². The monoisotopic (exact) mass is 535 g/mol. The van der Waals surface area contributed by atoms with Gasteiger partial charge in [-0.05, 0) is 31.6 Å². The molecule has 220 valence electrons. The minimum atomic E-state index is -1.23. The van der Waals surface area contributed by atoms with Gasteiger partial charge in [0.25, 0.3) is 0 Å². The van der Waals surface area contributed by atoms with Crippen LogP contribution in [0, 0.1) is 17.3 Å². The Labute approximate surface area is 232 Å². The van der Waals surface area contributed by atoms with Gasteiger partial charge in [-0.1, -0.05) is 129 Å². The second-order valence-electron chi connectivity index (χ2n) is 12.0. The SMILES string of the molecule is CCCCCCCCCCCCCCCCCCC1CCCC[C@]1(C(N)=O)C(=O)OC[C@H]1OC(=O)[C@H]1CC. The summed E-state index contributed by atoms with van der Waals surface area (Å²) >= 11 is 0. The van der Waals surface area contributed by atoms with Crippen LogP contribution in [0.25, 0.3) is 0 Å². The number of hydrogen-bond acceptors (Lipinski definition) is 5. The van der Waals surface area contributed by atoms with Crippen LogP contribution < -0.4 is 5.73 Å². The molecule has 1 saturated heterocycles. The molecule has 1 aliphatic heterocycles. The van der Waals surface area contributed by atoms with E-state index in [4.69, 9.17) is 15.2 Å². The molecule has 0 aromatic heterocycles. The van der Waals surface area contributed by atoms with Gasteiger partial charge in [-0.15, -0.1) is 0 Å². The predicted molar refractivity (Wildman–Crippen MR) is 152 cm³/mol. The third-order valence-corrected chi connectivity index (χ3v) is 9.12. The highest BCUT2D eigenvalue weighted by Crippen LogP contribution is 2.45. The minimum absolute atomic E-state index is 0.0177. The third kappa shape index (κ3) is 10.2. The molecule has 0 aromatic rings. The van der Waals surface area contributed by atoms with E-state index in [1.165, 1.54) is 89.9 Å². The summed E-state index contributed by atoms with van der Waals surface area (Å²) in [7, 11) is 0. The molecular weight excluding hydrogens is 478 g/mol. The maximum absolute atomic E-state index is 13.2. The lowest BCUT2D eigenvalue weighted by molar-refractivity contribution is -0.197. The van der Waals surface area contributed by atoms with E-state index in [1.54, 1.807) is 0 Å². The van der Waals surface area contributed by atoms with Crippen LogP contribution in [0.1, 0.15) is 155 Å². The summed E-state index contributed by atoms with van der Waals surface area (Å²) < 4.78 is 10.7. The molecule has 1 heterocycles. The van der Waals surface area contributed by atoms with Crippen LogP contribution in [-0.2, 0) is 23.9 Å². The minimum Gasteiger partial charge on any atom is -0.461 e. The standard InChI is InChI=1S/C32H57NO5/c1-3-5-6-7-8-9-10-11-12-13-14-15-16-17-18-19-22-26-23-20-21-24-32(26,30(33)35)31(36)37-25-28-27(4-2)29(34)38-28/h26-28H,3-25H2,1-2H3,(H2,33,35)/t26?,27-,28+,32-/m0/s1. The van der Waals surface area contributed by atoms with Crippen LogP contribution in [0.5, 0.6) is 0 Å². The fourth-order valence-electron chi connectivity index (χ4n) is 6.53. The maximum atomic E-state index is 13.2. The van der Waals surface area contributed by atoms with Crippen LogP contribution in [0.2, 0.25) is 0 Å². The van der Waals surface area contributed by atoms with Crippen molar-refractivity contribution in [3.05, 3.63) is 0 Å². The highest BCUT2D eigenvalue weighted by Gasteiger charge is 2.53. The van der Waals surface area contributed by atoms with E-state index in [-0.39, 0.29) is 24.4 Å². The maximum Gasteiger partial charge on any atom is 0.322 e. The molecule has 1 aliphatic carbocycles. The van der Waals surface area contributed by atoms with E-state index < -0.39 is 23.4 Å². The van der Waals surface area contributed by atoms with Gasteiger partial charge in [-0.2, -0.15) is 0 Å². The van der Waals surface area contributed by atoms with E-state index in [0.717, 1.165) is 38.5 Å². The lowest BCUT2D eigenvalue weighted by atomic mass is 9.64. The largest absolute Gasteiger partial charge is 0.461 e. The molecule has 6 nitrogen and oxygen atoms in total. The summed E-state index contributed by atoms with van der Waals surface area (Å²) in [5.74, 6) is -1.58. The van der Waals surface area contributed by atoms with Crippen molar-refractivity contribution in [1.29, 1.82) is 0 Å². The Morgan fingerprint density at radius 3 is 1.84 bits per heavy atom. The van der Waals surface area contributed by atoms with Crippen LogP contribution in [0.3, 0.4) is 0 Å². The molecular formula is C32H57NO5. The molecule has 0 aromatic carbocycles. The number of esters is 2. The van der Waals surface area contributed by atoms with E-state index in [9.17, 15) is 14.4 Å². The van der Waals surface area contributed by atoms with Gasteiger partial charge in [0, 0.05) is 0 Å². The third-order valence-electron chi connectivity index (χ3n) is 9.12. The summed E-state index contributed by atoms with van der Waals surface area (Å²) in [6.45, 7) is 4.21. The molecule has 2 rings (SSSR count). The molecule has 1 saturated carbocycles. The van der Waals surface area contributed by atoms with Gasteiger partial charge in [-0.25, -0.2) is 0 Å². The van der Waals surface area contributed by atoms with Gasteiger partial charge in [-0.3, -0.25) is 14.4 Å². The summed E-state index contributed by atoms with van der Waals surface area (Å²) in [5, 5.41) is 0. The number of unbranched alkanes of at least 4 members (excludes halogenated alkanes) is 15. The summed E-state index contributed by atoms with van der Waals surface area (Å²) in [6, 6.07) is 0. The van der Waals surface area contributed by atoms with Crippen LogP contribution in [-0.4, -0.2) is 30.6 Å². The van der Waals surface area contributed by atoms with Gasteiger partial charge in [0.05, 0.1) is 5.92 Å². The smallest absolute Gasteiger partial charge is 0.322 e. The molecule has 1 amide bonds. The zero-order valence-corrected chi connectivity index (χ0v) is 24.6. The number of amides is 1. The van der Waals surface area contributed by atoms with Crippen molar-refractivity contribution in [3.63, 3.8) is 0 Å². The second-order valence-corrected chi connectivity index (χ2v) is 12.0. The van der Waals surface area contributed by atoms with Crippen LogP contribution in [0.15, 0.2) is 0 Å². The highest BCUT2D eigenvalue weighted by molar-refractivity contribution is 6.02. The summed E-state index contributed by atoms with van der Waals surface area (Å²) in [4.78, 5) is 37.4. The number of rotatable bonds is 22. The fourth-order valence-corrected chi connectivity index (χ4v) is 6.53. The molecule has 38 heavy (non-hydrogen) atoms. The quantitative estimate of drug-likeness (QED) is 0.0867. The first-order valence-electron chi connectivity index (χ1n) is 16.1. The lowest BCUT2D eigenvalue weighted by Gasteiger charge is -2.40. The number of ether oxygens (including phenoxy) is 2. The van der Waals surface area contributed by atoms with E-state index in [1.807, 2.05) is 6.92 Å². The van der Waals surface area contributed by atoms with Crippen molar-refractivity contribution < 1.29 is 23.9 Å². The van der Waals surface area contributed by atoms with Crippen molar-refractivity contribution in [2.45, 2.75) is 161 Å². The summed E-state index contributed by atoms with van der Waals surface area (Å²) in [6.07, 6.45) is 25.4. The summed E-state index contributed by atoms with van der Waals surface area (Å²) in [5.41, 5.74) is 4.63. The molecule has 0 radical (unpaired) electrons. The van der Waals surface area contributed by atoms with Gasteiger partial charge in [0.1, 0.15) is 18.1 Å². The Balaban J connectivity index is 1.59. The van der Waals surface area contributed by atoms with Crippen molar-refractivity contribution in [2.24, 2.45) is 23.0 Å². The predicted octanol–water partition coefficient (Wildman–Crippen LogP) is 7.79. The number of carbonyl (C=O) groups is 3. The molecule has 6 heteroatoms. The molecule has 1 unspecified atom stereocenters. The Kier molecular flexibility index (Phi) is 16.0. The van der Waals surface area contributed by atoms with Gasteiger partial charge in [0.2, 0.25) is 5.91 Å². The zero-order chi connectivity index (χ0) is 27.6. The van der Waals surface area contributed by atoms with Gasteiger partial charge in [0.15, 0.2) is 0 Å². The van der Waals surface area contributed by atoms with E-state index in [0.29, 0.717) is 12.8 Å². The number of cyclic esters (lactones) is 1. The van der Waals surface area contributed by atoms with Crippen LogP contribution in [0.4, 0.5) is 0 Å². The lowest BCUT2D eigenvalue weighted by Crippen LogP contribution is -2.53. The Hall–Kier alpha value is -1.59. The average molecular weight is 536 g/mol. The highest BCUT2D eigenvalue weighted by atomic mass is 16.6. The van der Waals surface area contributed by atoms with Crippen molar-refractivity contribution in [2.75, 3.05) is 6.61 Å². The Bertz CT molecular complexity index is 695. The Morgan fingerprint density at radius 2 is 1.37 bits per heavy atom. The second kappa shape index (κ2) is 18.7. The molecule has 2 fully saturated rings. The fraction of sp³-hybridized carbons (Fsp3) is 0.906. The molecule has 0 spiro atoms. The molecule has 2 N–H and O–H groups in total. The number of carbonyl (C=O) groups excluding carboxylic acids is 3. The zero-order valence-electron chi connectivity index (χ0n) is 24.6. The van der Waals surface area contributed by atoms with Crippen LogP contribution >= 0.6 is 0 Å². The topological polar surface area (TPSA) is 95.7 Å². The van der Waals surface area contributed by atoms with Crippen molar-refractivity contribution in [1.82, 2.24) is 0 Å². The number of nitrogens with two attached hydrogens (primary N) is 1. The first-order chi connectivity index (χ1) is 18.5. The average Bonchev–Trinajstić information content (AvgIpc) is 2.90. The van der Waals surface area contributed by atoms with Crippen molar-refractivity contribution >= 4 is 17.8 Å². The van der Waals surface area contributed by atoms with E-state index >= 15 is 0 Å². The van der Waals surface area contributed by atoms with Gasteiger partial charge < -0.3 is 15.2 Å². The Morgan fingerprint density at radius 1 is 0.842 bits per heavy atom. The van der Waals surface area contributed by atoms with E-state index in [2.05, 4.69) is 6.92 Å².